The van der Waals surface area contributed by atoms with Gasteiger partial charge in [0.1, 0.15) is 5.82 Å². The van der Waals surface area contributed by atoms with Crippen LogP contribution < -0.4 is 5.73 Å². The number of thiol groups is 1. The fourth-order valence-electron chi connectivity index (χ4n) is 0.946. The molecule has 0 saturated carbocycles. The highest BCUT2D eigenvalue weighted by Crippen LogP contribution is 2.14. The molecule has 1 aromatic rings. The second-order valence-electron chi connectivity index (χ2n) is 2.87. The molecule has 2 N–H and O–H groups in total. The van der Waals surface area contributed by atoms with Crippen LogP contribution in [0.15, 0.2) is 34.9 Å². The highest BCUT2D eigenvalue weighted by Gasteiger charge is 2.10. The van der Waals surface area contributed by atoms with E-state index >= 15 is 0 Å². The third-order valence-electron chi connectivity index (χ3n) is 1.68. The molecular formula is C10H10FNOS. The number of rotatable bonds is 2. The number of Topliss-reactive ketones (excluding diaryl/α,β-unsaturated/α-hetero) is 1. The van der Waals surface area contributed by atoms with Crippen LogP contribution in [0, 0.1) is 5.82 Å². The Balaban J connectivity index is 3.08. The van der Waals surface area contributed by atoms with Crippen LogP contribution >= 0.6 is 12.6 Å². The van der Waals surface area contributed by atoms with Crippen molar-refractivity contribution in [1.82, 2.24) is 0 Å². The van der Waals surface area contributed by atoms with E-state index in [1.54, 1.807) is 6.92 Å². The highest BCUT2D eigenvalue weighted by atomic mass is 32.1. The number of hydrogen-bond donors (Lipinski definition) is 2. The van der Waals surface area contributed by atoms with Gasteiger partial charge in [0.15, 0.2) is 0 Å². The summed E-state index contributed by atoms with van der Waals surface area (Å²) in [6.45, 7) is 1.57. The third kappa shape index (κ3) is 2.35. The van der Waals surface area contributed by atoms with Crippen LogP contribution in [0.3, 0.4) is 0 Å². The molecule has 0 aliphatic carbocycles. The molecule has 0 bridgehead atoms. The number of hydrogen-bond acceptors (Lipinski definition) is 3. The summed E-state index contributed by atoms with van der Waals surface area (Å²) in [6.07, 6.45) is 0. The van der Waals surface area contributed by atoms with Crippen LogP contribution in [0.5, 0.6) is 0 Å². The topological polar surface area (TPSA) is 43.1 Å². The minimum atomic E-state index is -0.452. The summed E-state index contributed by atoms with van der Waals surface area (Å²) in [7, 11) is 0. The van der Waals surface area contributed by atoms with Gasteiger partial charge < -0.3 is 5.73 Å². The number of carbonyl (C=O) groups is 1. The van der Waals surface area contributed by atoms with Gasteiger partial charge in [-0.15, -0.1) is 12.6 Å². The molecule has 0 amide bonds. The fraction of sp³-hybridized carbons (Fsp3) is 0.100. The SMILES string of the molecule is C/C(N)=C(\S)C(=O)c1cccc(F)c1. The first kappa shape index (κ1) is 10.8. The van der Waals surface area contributed by atoms with E-state index < -0.39 is 5.82 Å². The molecule has 0 spiro atoms. The van der Waals surface area contributed by atoms with E-state index in [4.69, 9.17) is 5.73 Å². The summed E-state index contributed by atoms with van der Waals surface area (Å²) in [5.41, 5.74) is 5.97. The molecule has 1 aromatic carbocycles. The summed E-state index contributed by atoms with van der Waals surface area (Å²) >= 11 is 3.95. The maximum absolute atomic E-state index is 12.8. The van der Waals surface area contributed by atoms with Crippen molar-refractivity contribution in [1.29, 1.82) is 0 Å². The highest BCUT2D eigenvalue weighted by molar-refractivity contribution is 7.85. The zero-order valence-electron chi connectivity index (χ0n) is 7.62. The maximum atomic E-state index is 12.8. The Bertz CT molecular complexity index is 397. The minimum absolute atomic E-state index is 0.149. The van der Waals surface area contributed by atoms with E-state index in [2.05, 4.69) is 12.6 Å². The Kier molecular flexibility index (Phi) is 3.30. The second-order valence-corrected chi connectivity index (χ2v) is 3.32. The standard InChI is InChI=1S/C10H10FNOS/c1-6(12)10(14)9(13)7-3-2-4-8(11)5-7/h2-5,14H,12H2,1H3/b10-6+. The van der Waals surface area contributed by atoms with Gasteiger partial charge in [-0.25, -0.2) is 4.39 Å². The van der Waals surface area contributed by atoms with Crippen molar-refractivity contribution in [3.63, 3.8) is 0 Å². The molecule has 4 heteroatoms. The molecule has 0 radical (unpaired) electrons. The molecule has 0 heterocycles. The van der Waals surface area contributed by atoms with Crippen LogP contribution in [0.1, 0.15) is 17.3 Å². The molecule has 74 valence electrons. The molecule has 0 aliphatic rings. The van der Waals surface area contributed by atoms with Crippen LogP contribution in [0.25, 0.3) is 0 Å². The molecule has 0 aliphatic heterocycles. The molecular weight excluding hydrogens is 201 g/mol. The van der Waals surface area contributed by atoms with E-state index in [1.807, 2.05) is 0 Å². The Labute approximate surface area is 87.0 Å². The largest absolute Gasteiger partial charge is 0.401 e. The van der Waals surface area contributed by atoms with Gasteiger partial charge >= 0.3 is 0 Å². The van der Waals surface area contributed by atoms with Crippen LogP contribution in [-0.2, 0) is 0 Å². The van der Waals surface area contributed by atoms with E-state index in [-0.39, 0.29) is 16.3 Å². The fourth-order valence-corrected chi connectivity index (χ4v) is 1.07. The molecule has 0 aromatic heterocycles. The smallest absolute Gasteiger partial charge is 0.200 e. The van der Waals surface area contributed by atoms with Gasteiger partial charge in [0.05, 0.1) is 4.91 Å². The number of nitrogens with two attached hydrogens (primary N) is 1. The van der Waals surface area contributed by atoms with Crippen molar-refractivity contribution in [2.24, 2.45) is 5.73 Å². The van der Waals surface area contributed by atoms with Gasteiger partial charge in [-0.1, -0.05) is 12.1 Å². The van der Waals surface area contributed by atoms with Gasteiger partial charge in [0.2, 0.25) is 5.78 Å². The number of allylic oxidation sites excluding steroid dienone is 2. The van der Waals surface area contributed by atoms with E-state index in [0.717, 1.165) is 6.07 Å². The first-order valence-electron chi connectivity index (χ1n) is 3.98. The van der Waals surface area contributed by atoms with Crippen molar-refractivity contribution >= 4 is 18.4 Å². The molecule has 0 fully saturated rings. The summed E-state index contributed by atoms with van der Waals surface area (Å²) in [6, 6.07) is 5.41. The van der Waals surface area contributed by atoms with Crippen molar-refractivity contribution in [2.45, 2.75) is 6.92 Å². The molecule has 2 nitrogen and oxygen atoms in total. The number of halogens is 1. The van der Waals surface area contributed by atoms with E-state index in [1.165, 1.54) is 18.2 Å². The predicted molar refractivity (Wildman–Crippen MR) is 56.6 cm³/mol. The van der Waals surface area contributed by atoms with Gasteiger partial charge in [0.25, 0.3) is 0 Å². The normalized spacial score (nSPS) is 12.2. The summed E-state index contributed by atoms with van der Waals surface area (Å²) in [4.78, 5) is 11.7. The molecule has 14 heavy (non-hydrogen) atoms. The number of ketones is 1. The maximum Gasteiger partial charge on any atom is 0.200 e. The first-order chi connectivity index (χ1) is 6.52. The van der Waals surface area contributed by atoms with Gasteiger partial charge in [-0.3, -0.25) is 4.79 Å². The van der Waals surface area contributed by atoms with Crippen LogP contribution in [0.2, 0.25) is 0 Å². The molecule has 0 unspecified atom stereocenters. The van der Waals surface area contributed by atoms with E-state index in [0.29, 0.717) is 5.70 Å². The van der Waals surface area contributed by atoms with Crippen LogP contribution in [-0.4, -0.2) is 5.78 Å². The predicted octanol–water partition coefficient (Wildman–Crippen LogP) is 2.13. The van der Waals surface area contributed by atoms with Crippen molar-refractivity contribution in [3.8, 4) is 0 Å². The second kappa shape index (κ2) is 4.28. The Morgan fingerprint density at radius 2 is 2.14 bits per heavy atom. The lowest BCUT2D eigenvalue weighted by atomic mass is 10.1. The van der Waals surface area contributed by atoms with Crippen molar-refractivity contribution < 1.29 is 9.18 Å². The third-order valence-corrected chi connectivity index (χ3v) is 2.23. The number of benzene rings is 1. The monoisotopic (exact) mass is 211 g/mol. The molecule has 0 atom stereocenters. The summed E-state index contributed by atoms with van der Waals surface area (Å²) < 4.78 is 12.8. The number of carbonyl (C=O) groups excluding carboxylic acids is 1. The Morgan fingerprint density at radius 1 is 1.50 bits per heavy atom. The average molecular weight is 211 g/mol. The lowest BCUT2D eigenvalue weighted by Gasteiger charge is -2.02. The quantitative estimate of drug-likeness (QED) is 0.447. The first-order valence-corrected chi connectivity index (χ1v) is 4.42. The lowest BCUT2D eigenvalue weighted by molar-refractivity contribution is 0.104. The zero-order chi connectivity index (χ0) is 10.7. The van der Waals surface area contributed by atoms with Crippen LogP contribution in [0.4, 0.5) is 4.39 Å². The molecule has 0 saturated heterocycles. The van der Waals surface area contributed by atoms with E-state index in [9.17, 15) is 9.18 Å². The van der Waals surface area contributed by atoms with Crippen molar-refractivity contribution in [2.75, 3.05) is 0 Å². The zero-order valence-corrected chi connectivity index (χ0v) is 8.51. The van der Waals surface area contributed by atoms with Gasteiger partial charge in [0, 0.05) is 11.3 Å². The lowest BCUT2D eigenvalue weighted by Crippen LogP contribution is -2.05. The minimum Gasteiger partial charge on any atom is -0.401 e. The van der Waals surface area contributed by atoms with Gasteiger partial charge in [-0.05, 0) is 19.1 Å². The Morgan fingerprint density at radius 3 is 2.64 bits per heavy atom. The average Bonchev–Trinajstić information content (AvgIpc) is 2.15. The Hall–Kier alpha value is -1.29. The van der Waals surface area contributed by atoms with Gasteiger partial charge in [-0.2, -0.15) is 0 Å². The van der Waals surface area contributed by atoms with Crippen molar-refractivity contribution in [3.05, 3.63) is 46.2 Å². The summed E-state index contributed by atoms with van der Waals surface area (Å²) in [5.74, 6) is -0.820. The molecule has 1 rings (SSSR count). The summed E-state index contributed by atoms with van der Waals surface area (Å²) in [5, 5.41) is 0.